The minimum absolute atomic E-state index is 0.0342. The van der Waals surface area contributed by atoms with Gasteiger partial charge >= 0.3 is 0 Å². The van der Waals surface area contributed by atoms with Crippen molar-refractivity contribution in [1.82, 2.24) is 10.0 Å². The molecular weight excluding hydrogens is 744 g/mol. The van der Waals surface area contributed by atoms with Crippen LogP contribution >= 0.6 is 109 Å². The smallest absolute Gasteiger partial charge is 0.273 e. The van der Waals surface area contributed by atoms with Gasteiger partial charge in [-0.25, -0.2) is 5.01 Å². The average Bonchev–Trinajstić information content (AvgIpc) is 3.27. The van der Waals surface area contributed by atoms with Crippen LogP contribution in [0.1, 0.15) is 20.7 Å². The van der Waals surface area contributed by atoms with E-state index < -0.39 is 56.0 Å². The Morgan fingerprint density at radius 2 is 1.28 bits per heavy atom. The molecule has 204 valence electrons. The zero-order chi connectivity index (χ0) is 28.8. The fourth-order valence-corrected chi connectivity index (χ4v) is 8.58. The minimum Gasteiger partial charge on any atom is -0.292 e. The summed E-state index contributed by atoms with van der Waals surface area (Å²) in [4.78, 5) is 50.6. The average molecular weight is 755 g/mol. The zero-order valence-electron chi connectivity index (χ0n) is 18.8. The highest BCUT2D eigenvalue weighted by Gasteiger charge is 2.88. The molecule has 1 saturated carbocycles. The van der Waals surface area contributed by atoms with E-state index in [0.717, 1.165) is 0 Å². The number of benzene rings is 2. The molecular formula is C24H11BrCl8N2O4. The van der Waals surface area contributed by atoms with E-state index in [2.05, 4.69) is 15.9 Å². The second kappa shape index (κ2) is 9.92. The van der Waals surface area contributed by atoms with Crippen LogP contribution in [0.4, 0.5) is 0 Å². The van der Waals surface area contributed by atoms with Crippen LogP contribution in [0.2, 0.25) is 10.0 Å². The van der Waals surface area contributed by atoms with Crippen LogP contribution in [0, 0.1) is 11.8 Å². The van der Waals surface area contributed by atoms with Crippen molar-refractivity contribution < 1.29 is 19.2 Å². The second-order valence-corrected chi connectivity index (χ2v) is 14.0. The number of carbonyl (C=O) groups is 4. The van der Waals surface area contributed by atoms with Crippen molar-refractivity contribution in [3.8, 4) is 0 Å². The normalized spacial score (nSPS) is 28.8. The maximum atomic E-state index is 13.9. The fourth-order valence-electron chi connectivity index (χ4n) is 5.09. The van der Waals surface area contributed by atoms with Gasteiger partial charge in [0.1, 0.15) is 16.3 Å². The van der Waals surface area contributed by atoms with E-state index >= 15 is 0 Å². The van der Waals surface area contributed by atoms with Crippen molar-refractivity contribution >= 4 is 132 Å². The van der Waals surface area contributed by atoms with Crippen LogP contribution in [0.15, 0.2) is 57.0 Å². The van der Waals surface area contributed by atoms with Crippen molar-refractivity contribution in [2.24, 2.45) is 11.8 Å². The summed E-state index contributed by atoms with van der Waals surface area (Å²) in [7, 11) is 0. The molecule has 39 heavy (non-hydrogen) atoms. The van der Waals surface area contributed by atoms with E-state index in [1.54, 1.807) is 12.1 Å². The molecule has 3 aliphatic rings. The number of fused-ring (bicyclic) bond motifs is 5. The Balaban J connectivity index is 1.60. The first-order valence-corrected chi connectivity index (χ1v) is 14.7. The lowest BCUT2D eigenvalue weighted by Gasteiger charge is -2.36. The van der Waals surface area contributed by atoms with Gasteiger partial charge < -0.3 is 0 Å². The zero-order valence-corrected chi connectivity index (χ0v) is 26.5. The third kappa shape index (κ3) is 3.95. The van der Waals surface area contributed by atoms with Crippen molar-refractivity contribution in [3.05, 3.63) is 78.2 Å². The number of nitrogens with zero attached hydrogens (tertiary/aromatic N) is 2. The number of hydrogen-bond donors (Lipinski definition) is 0. The molecule has 0 unspecified atom stereocenters. The summed E-state index contributed by atoms with van der Waals surface area (Å²) < 4.78 is -1.45. The Labute approximate surface area is 270 Å². The Morgan fingerprint density at radius 3 is 1.77 bits per heavy atom. The van der Waals surface area contributed by atoms with Crippen LogP contribution in [0.5, 0.6) is 0 Å². The van der Waals surface area contributed by atoms with E-state index in [-0.39, 0.29) is 31.2 Å². The van der Waals surface area contributed by atoms with Gasteiger partial charge in [0.2, 0.25) is 0 Å². The van der Waals surface area contributed by atoms with Crippen LogP contribution < -0.4 is 0 Å². The predicted octanol–water partition coefficient (Wildman–Crippen LogP) is 7.44. The Bertz CT molecular complexity index is 1470. The maximum absolute atomic E-state index is 13.9. The molecule has 2 fully saturated rings. The first-order chi connectivity index (χ1) is 18.1. The lowest BCUT2D eigenvalue weighted by molar-refractivity contribution is -0.154. The molecule has 2 aliphatic carbocycles. The van der Waals surface area contributed by atoms with Gasteiger partial charge in [0.25, 0.3) is 17.7 Å². The van der Waals surface area contributed by atoms with Crippen molar-refractivity contribution in [2.75, 3.05) is 6.54 Å². The number of rotatable bonds is 5. The second-order valence-electron chi connectivity index (χ2n) is 8.99. The summed E-state index contributed by atoms with van der Waals surface area (Å²) >= 11 is 54.7. The molecule has 0 N–H and O–H groups in total. The highest BCUT2D eigenvalue weighted by atomic mass is 79.9. The highest BCUT2D eigenvalue weighted by molar-refractivity contribution is 9.10. The molecule has 0 radical (unpaired) electrons. The Hall–Kier alpha value is -0.740. The molecule has 1 heterocycles. The SMILES string of the molecule is O=C(CN(C(=O)c1ccc(Cl)c(Cl)c1)N1C(=O)[C@@H]2[C@@H](C1=O)[C@@]1(Cl)C(Cl)=C(Cl)[C@@]2(Cl)C1(Cl)Cl)c1ccc(Br)cc1. The predicted molar refractivity (Wildman–Crippen MR) is 155 cm³/mol. The highest BCUT2D eigenvalue weighted by Crippen LogP contribution is 2.77. The summed E-state index contributed by atoms with van der Waals surface area (Å²) in [5.74, 6) is -6.48. The van der Waals surface area contributed by atoms with E-state index in [1.807, 2.05) is 0 Å². The molecule has 1 saturated heterocycles. The van der Waals surface area contributed by atoms with E-state index in [0.29, 0.717) is 14.5 Å². The summed E-state index contributed by atoms with van der Waals surface area (Å²) in [6.07, 6.45) is 0. The molecule has 15 heteroatoms. The number of amides is 3. The third-order valence-corrected chi connectivity index (χ3v) is 12.5. The number of Topliss-reactive ketones (excluding diaryl/α,β-unsaturated/α-hetero) is 1. The monoisotopic (exact) mass is 750 g/mol. The minimum atomic E-state index is -2.16. The van der Waals surface area contributed by atoms with Crippen molar-refractivity contribution in [1.29, 1.82) is 0 Å². The first kappa shape index (κ1) is 29.7. The van der Waals surface area contributed by atoms with Gasteiger partial charge in [0, 0.05) is 15.6 Å². The number of ketones is 1. The molecule has 0 spiro atoms. The summed E-state index contributed by atoms with van der Waals surface area (Å²) in [6.45, 7) is -0.718. The van der Waals surface area contributed by atoms with Gasteiger partial charge in [-0.3, -0.25) is 19.2 Å². The number of allylic oxidation sites excluding steroid dienone is 2. The number of hydrazine groups is 1. The summed E-state index contributed by atoms with van der Waals surface area (Å²) in [5.41, 5.74) is 0.147. The molecule has 4 atom stereocenters. The topological polar surface area (TPSA) is 74.8 Å². The van der Waals surface area contributed by atoms with Gasteiger partial charge in [0.05, 0.1) is 31.9 Å². The van der Waals surface area contributed by atoms with Crippen LogP contribution in [0.25, 0.3) is 0 Å². The number of carbonyl (C=O) groups excluding carboxylic acids is 4. The van der Waals surface area contributed by atoms with E-state index in [4.69, 9.17) is 92.8 Å². The number of hydrogen-bond acceptors (Lipinski definition) is 4. The quantitative estimate of drug-likeness (QED) is 0.181. The van der Waals surface area contributed by atoms with E-state index in [1.165, 1.54) is 30.3 Å². The molecule has 2 aromatic rings. The summed E-state index contributed by atoms with van der Waals surface area (Å²) in [5, 5.41) is 0.833. The lowest BCUT2D eigenvalue weighted by Crippen LogP contribution is -2.56. The van der Waals surface area contributed by atoms with Gasteiger partial charge in [-0.2, -0.15) is 5.01 Å². The van der Waals surface area contributed by atoms with Gasteiger partial charge in [0.15, 0.2) is 10.1 Å². The molecule has 3 amide bonds. The van der Waals surface area contributed by atoms with E-state index in [9.17, 15) is 19.2 Å². The van der Waals surface area contributed by atoms with Crippen molar-refractivity contribution in [2.45, 2.75) is 14.1 Å². The largest absolute Gasteiger partial charge is 0.292 e. The van der Waals surface area contributed by atoms with Gasteiger partial charge in [-0.1, -0.05) is 97.7 Å². The number of imide groups is 1. The molecule has 2 bridgehead atoms. The summed E-state index contributed by atoms with van der Waals surface area (Å²) in [6, 6.07) is 10.2. The maximum Gasteiger partial charge on any atom is 0.273 e. The first-order valence-electron chi connectivity index (χ1n) is 10.9. The standard InChI is InChI=1S/C24H11BrCl8N2O4/c25-11-4-1-9(2-5-11)14(36)8-34(19(37)10-3-6-12(26)13(27)7-10)35-20(38)15-16(21(35)39)23(31)18(29)17(28)22(15,30)24(23,32)33/h1-7,15-16H,8H2/t15-,16-,22+,23+/m0/s1. The van der Waals surface area contributed by atoms with Gasteiger partial charge in [-0.05, 0) is 30.3 Å². The number of halogens is 9. The molecule has 1 aliphatic heterocycles. The molecule has 5 rings (SSSR count). The Kier molecular flexibility index (Phi) is 7.57. The van der Waals surface area contributed by atoms with Crippen molar-refractivity contribution in [3.63, 3.8) is 0 Å². The lowest BCUT2D eigenvalue weighted by atomic mass is 9.84. The number of alkyl halides is 4. The molecule has 6 nitrogen and oxygen atoms in total. The van der Waals surface area contributed by atoms with Crippen LogP contribution in [0.3, 0.4) is 0 Å². The molecule has 0 aromatic heterocycles. The fraction of sp³-hybridized carbons (Fsp3) is 0.250. The third-order valence-electron chi connectivity index (χ3n) is 6.99. The van der Waals surface area contributed by atoms with Gasteiger partial charge in [-0.15, -0.1) is 23.2 Å². The van der Waals surface area contributed by atoms with Crippen LogP contribution in [-0.4, -0.2) is 54.1 Å². The Morgan fingerprint density at radius 1 is 0.795 bits per heavy atom. The molecule has 2 aromatic carbocycles. The van der Waals surface area contributed by atoms with Crippen LogP contribution in [-0.2, 0) is 9.59 Å².